The van der Waals surface area contributed by atoms with Gasteiger partial charge in [-0.3, -0.25) is 0 Å². The zero-order valence-electron chi connectivity index (χ0n) is 7.89. The van der Waals surface area contributed by atoms with Gasteiger partial charge < -0.3 is 5.32 Å². The Kier molecular flexibility index (Phi) is 3.85. The van der Waals surface area contributed by atoms with Crippen LogP contribution in [-0.4, -0.2) is 13.1 Å². The van der Waals surface area contributed by atoms with E-state index in [4.69, 9.17) is 0 Å². The lowest BCUT2D eigenvalue weighted by Gasteiger charge is -2.24. The van der Waals surface area contributed by atoms with Crippen molar-refractivity contribution >= 4 is 38.5 Å². The predicted octanol–water partition coefficient (Wildman–Crippen LogP) is 3.52. The summed E-state index contributed by atoms with van der Waals surface area (Å²) in [4.78, 5) is 0. The molecule has 1 saturated heterocycles. The normalized spacial score (nSPS) is 18.4. The van der Waals surface area contributed by atoms with Crippen LogP contribution in [0.4, 0.5) is 0 Å². The van der Waals surface area contributed by atoms with Crippen molar-refractivity contribution in [1.82, 2.24) is 5.32 Å². The number of benzene rings is 1. The average Bonchev–Trinajstić information content (AvgIpc) is 2.23. The van der Waals surface area contributed by atoms with Gasteiger partial charge in [0.05, 0.1) is 0 Å². The summed E-state index contributed by atoms with van der Waals surface area (Å²) in [6, 6.07) is 6.59. The van der Waals surface area contributed by atoms with Crippen LogP contribution in [0.5, 0.6) is 0 Å². The zero-order chi connectivity index (χ0) is 9.97. The molecule has 14 heavy (non-hydrogen) atoms. The van der Waals surface area contributed by atoms with E-state index in [1.807, 2.05) is 0 Å². The van der Waals surface area contributed by atoms with Crippen molar-refractivity contribution in [3.8, 4) is 0 Å². The molecule has 1 aromatic rings. The Balaban J connectivity index is 2.24. The Labute approximate surface area is 107 Å². The Morgan fingerprint density at radius 2 is 2.00 bits per heavy atom. The molecular formula is C11H13BrIN. The van der Waals surface area contributed by atoms with Gasteiger partial charge in [0.2, 0.25) is 0 Å². The monoisotopic (exact) mass is 365 g/mol. The molecule has 0 unspecified atom stereocenters. The first-order chi connectivity index (χ1) is 6.77. The van der Waals surface area contributed by atoms with E-state index < -0.39 is 0 Å². The highest BCUT2D eigenvalue weighted by Crippen LogP contribution is 2.30. The van der Waals surface area contributed by atoms with Crippen molar-refractivity contribution in [2.24, 2.45) is 0 Å². The second-order valence-corrected chi connectivity index (χ2v) is 5.77. The van der Waals surface area contributed by atoms with Gasteiger partial charge in [0, 0.05) is 8.04 Å². The van der Waals surface area contributed by atoms with Crippen molar-refractivity contribution in [3.05, 3.63) is 31.8 Å². The third kappa shape index (κ3) is 2.49. The largest absolute Gasteiger partial charge is 0.317 e. The molecule has 0 spiro atoms. The Morgan fingerprint density at radius 3 is 2.71 bits per heavy atom. The maximum Gasteiger partial charge on any atom is 0.0178 e. The van der Waals surface area contributed by atoms with Crippen LogP contribution in [0.25, 0.3) is 0 Å². The Hall–Kier alpha value is 0.390. The first-order valence-electron chi connectivity index (χ1n) is 4.93. The highest BCUT2D eigenvalue weighted by Gasteiger charge is 2.17. The van der Waals surface area contributed by atoms with Gasteiger partial charge in [0.1, 0.15) is 0 Å². The van der Waals surface area contributed by atoms with Crippen molar-refractivity contribution in [2.45, 2.75) is 18.8 Å². The minimum atomic E-state index is 0.751. The average molecular weight is 366 g/mol. The molecule has 1 aliphatic heterocycles. The second-order valence-electron chi connectivity index (χ2n) is 3.69. The summed E-state index contributed by atoms with van der Waals surface area (Å²) < 4.78 is 2.60. The number of rotatable bonds is 1. The van der Waals surface area contributed by atoms with E-state index >= 15 is 0 Å². The number of piperidine rings is 1. The molecule has 1 aromatic carbocycles. The van der Waals surface area contributed by atoms with E-state index in [1.54, 1.807) is 0 Å². The minimum absolute atomic E-state index is 0.751. The van der Waals surface area contributed by atoms with Crippen molar-refractivity contribution in [3.63, 3.8) is 0 Å². The fourth-order valence-electron chi connectivity index (χ4n) is 1.96. The van der Waals surface area contributed by atoms with E-state index in [9.17, 15) is 0 Å². The summed E-state index contributed by atoms with van der Waals surface area (Å²) in [5.41, 5.74) is 1.52. The van der Waals surface area contributed by atoms with Gasteiger partial charge in [-0.25, -0.2) is 0 Å². The molecule has 0 atom stereocenters. The molecule has 0 aromatic heterocycles. The molecule has 2 rings (SSSR count). The molecule has 1 nitrogen and oxygen atoms in total. The lowest BCUT2D eigenvalue weighted by Crippen LogP contribution is -2.26. The molecule has 1 aliphatic rings. The van der Waals surface area contributed by atoms with Gasteiger partial charge in [-0.05, 0) is 78.2 Å². The van der Waals surface area contributed by atoms with E-state index in [-0.39, 0.29) is 0 Å². The van der Waals surface area contributed by atoms with Crippen molar-refractivity contribution in [1.29, 1.82) is 0 Å². The molecule has 76 valence electrons. The smallest absolute Gasteiger partial charge is 0.0178 e. The lowest BCUT2D eigenvalue weighted by molar-refractivity contribution is 0.459. The summed E-state index contributed by atoms with van der Waals surface area (Å²) in [5.74, 6) is 0.751. The van der Waals surface area contributed by atoms with Crippen molar-refractivity contribution in [2.75, 3.05) is 13.1 Å². The Morgan fingerprint density at radius 1 is 1.29 bits per heavy atom. The topological polar surface area (TPSA) is 12.0 Å². The number of nitrogens with one attached hydrogen (secondary N) is 1. The molecule has 1 heterocycles. The molecule has 0 aliphatic carbocycles. The summed E-state index contributed by atoms with van der Waals surface area (Å²) >= 11 is 5.98. The quantitative estimate of drug-likeness (QED) is 0.751. The van der Waals surface area contributed by atoms with Crippen LogP contribution in [0.15, 0.2) is 22.7 Å². The van der Waals surface area contributed by atoms with Gasteiger partial charge in [0.25, 0.3) is 0 Å². The van der Waals surface area contributed by atoms with E-state index in [0.29, 0.717) is 0 Å². The molecule has 1 fully saturated rings. The minimum Gasteiger partial charge on any atom is -0.317 e. The summed E-state index contributed by atoms with van der Waals surface area (Å²) in [7, 11) is 0. The highest BCUT2D eigenvalue weighted by molar-refractivity contribution is 14.1. The SMILES string of the molecule is Brc1ccc(I)c(C2CCNCC2)c1. The van der Waals surface area contributed by atoms with Crippen LogP contribution in [0.2, 0.25) is 0 Å². The zero-order valence-corrected chi connectivity index (χ0v) is 11.6. The van der Waals surface area contributed by atoms with Crippen LogP contribution in [-0.2, 0) is 0 Å². The predicted molar refractivity (Wildman–Crippen MR) is 71.7 cm³/mol. The van der Waals surface area contributed by atoms with E-state index in [1.165, 1.54) is 26.4 Å². The fraction of sp³-hybridized carbons (Fsp3) is 0.455. The van der Waals surface area contributed by atoms with Gasteiger partial charge in [0.15, 0.2) is 0 Å². The van der Waals surface area contributed by atoms with Gasteiger partial charge in [-0.2, -0.15) is 0 Å². The number of hydrogen-bond acceptors (Lipinski definition) is 1. The van der Waals surface area contributed by atoms with E-state index in [2.05, 4.69) is 62.0 Å². The van der Waals surface area contributed by atoms with Crippen LogP contribution < -0.4 is 5.32 Å². The maximum atomic E-state index is 3.54. The Bertz CT molecular complexity index is 321. The van der Waals surface area contributed by atoms with Gasteiger partial charge in [-0.1, -0.05) is 15.9 Å². The molecule has 3 heteroatoms. The first-order valence-corrected chi connectivity index (χ1v) is 6.80. The maximum absolute atomic E-state index is 3.54. The molecule has 0 amide bonds. The summed E-state index contributed by atoms with van der Waals surface area (Å²) in [5, 5.41) is 3.40. The standard InChI is InChI=1S/C11H13BrIN/c12-9-1-2-11(13)10(7-9)8-3-5-14-6-4-8/h1-2,7-8,14H,3-6H2. The van der Waals surface area contributed by atoms with Crippen LogP contribution in [0.1, 0.15) is 24.3 Å². The molecule has 0 saturated carbocycles. The van der Waals surface area contributed by atoms with Gasteiger partial charge >= 0.3 is 0 Å². The van der Waals surface area contributed by atoms with Crippen LogP contribution in [0, 0.1) is 3.57 Å². The van der Waals surface area contributed by atoms with Gasteiger partial charge in [-0.15, -0.1) is 0 Å². The molecule has 1 N–H and O–H groups in total. The summed E-state index contributed by atoms with van der Waals surface area (Å²) in [6.07, 6.45) is 2.54. The highest BCUT2D eigenvalue weighted by atomic mass is 127. The lowest BCUT2D eigenvalue weighted by atomic mass is 9.90. The summed E-state index contributed by atoms with van der Waals surface area (Å²) in [6.45, 7) is 2.32. The third-order valence-corrected chi connectivity index (χ3v) is 4.21. The van der Waals surface area contributed by atoms with Crippen molar-refractivity contribution < 1.29 is 0 Å². The fourth-order valence-corrected chi connectivity index (χ4v) is 3.12. The second kappa shape index (κ2) is 4.94. The third-order valence-electron chi connectivity index (χ3n) is 2.74. The van der Waals surface area contributed by atoms with E-state index in [0.717, 1.165) is 19.0 Å². The molecule has 0 bridgehead atoms. The van der Waals surface area contributed by atoms with Crippen LogP contribution in [0.3, 0.4) is 0 Å². The molecule has 0 radical (unpaired) electrons. The first kappa shape index (κ1) is 10.9. The number of halogens is 2. The molecular weight excluding hydrogens is 353 g/mol. The van der Waals surface area contributed by atoms with Crippen LogP contribution >= 0.6 is 38.5 Å². The number of hydrogen-bond donors (Lipinski definition) is 1.